The molecule has 0 N–H and O–H groups in total. The van der Waals surface area contributed by atoms with E-state index >= 15 is 0 Å². The van der Waals surface area contributed by atoms with E-state index in [-0.39, 0.29) is 28.8 Å². The third-order valence-corrected chi connectivity index (χ3v) is 6.05. The lowest BCUT2D eigenvalue weighted by Crippen LogP contribution is -2.07. The van der Waals surface area contributed by atoms with Crippen LogP contribution in [-0.4, -0.2) is 33.1 Å². The first-order valence-corrected chi connectivity index (χ1v) is 11.5. The quantitative estimate of drug-likeness (QED) is 0.167. The summed E-state index contributed by atoms with van der Waals surface area (Å²) in [5.41, 5.74) is 2.10. The summed E-state index contributed by atoms with van der Waals surface area (Å²) in [7, 11) is 4.53. The van der Waals surface area contributed by atoms with Crippen LogP contribution in [0.1, 0.15) is 32.0 Å². The van der Waals surface area contributed by atoms with Crippen LogP contribution < -0.4 is 23.7 Å². The molecule has 0 saturated carbocycles. The molecule has 0 radical (unpaired) electrons. The van der Waals surface area contributed by atoms with E-state index in [0.717, 1.165) is 0 Å². The largest absolute Gasteiger partial charge is 0.493 e. The molecule has 0 aliphatic carbocycles. The Labute approximate surface area is 216 Å². The molecule has 1 aromatic heterocycles. The Hall–Kier alpha value is -4.43. The second kappa shape index (κ2) is 9.55. The van der Waals surface area contributed by atoms with Crippen LogP contribution in [-0.2, 0) is 0 Å². The second-order valence-electron chi connectivity index (χ2n) is 8.19. The highest BCUT2D eigenvalue weighted by atomic mass is 35.5. The first-order chi connectivity index (χ1) is 17.8. The number of methoxy groups -OCH3 is 3. The van der Waals surface area contributed by atoms with Crippen molar-refractivity contribution in [2.75, 3.05) is 21.3 Å². The lowest BCUT2D eigenvalue weighted by Gasteiger charge is -2.13. The fourth-order valence-corrected chi connectivity index (χ4v) is 4.33. The number of furan rings is 1. The molecule has 0 atom stereocenters. The molecule has 4 aromatic rings. The maximum absolute atomic E-state index is 13.1. The first-order valence-electron chi connectivity index (χ1n) is 11.1. The lowest BCUT2D eigenvalue weighted by molar-refractivity contribution is 0.0703. The molecule has 8 nitrogen and oxygen atoms in total. The summed E-state index contributed by atoms with van der Waals surface area (Å²) in [5.74, 6) is 0.941. The Morgan fingerprint density at radius 1 is 0.946 bits per heavy atom. The maximum atomic E-state index is 13.1. The van der Waals surface area contributed by atoms with Crippen molar-refractivity contribution in [1.82, 2.24) is 0 Å². The molecule has 9 heteroatoms. The summed E-state index contributed by atoms with van der Waals surface area (Å²) < 4.78 is 33.1. The number of Topliss-reactive ketones (excluding diaryl/α,β-unsaturated/α-hetero) is 1. The van der Waals surface area contributed by atoms with E-state index in [9.17, 15) is 9.59 Å². The van der Waals surface area contributed by atoms with Crippen LogP contribution in [0.4, 0.5) is 0 Å². The Morgan fingerprint density at radius 2 is 1.68 bits per heavy atom. The SMILES string of the molecule is COc1cc(/C=C2\Oc3cc(OC(=O)c4cc5cc(Cl)ccc5o4)cc(C)c3C2=O)cc(OC)c1OC. The van der Waals surface area contributed by atoms with Gasteiger partial charge in [0.25, 0.3) is 0 Å². The summed E-state index contributed by atoms with van der Waals surface area (Å²) in [6, 6.07) is 13.1. The molecule has 0 unspecified atom stereocenters. The van der Waals surface area contributed by atoms with Gasteiger partial charge in [-0.15, -0.1) is 0 Å². The van der Waals surface area contributed by atoms with E-state index in [2.05, 4.69) is 0 Å². The van der Waals surface area contributed by atoms with Crippen molar-refractivity contribution in [2.45, 2.75) is 6.92 Å². The highest BCUT2D eigenvalue weighted by molar-refractivity contribution is 6.31. The second-order valence-corrected chi connectivity index (χ2v) is 8.63. The van der Waals surface area contributed by atoms with Gasteiger partial charge in [-0.25, -0.2) is 4.79 Å². The van der Waals surface area contributed by atoms with Crippen LogP contribution in [0.25, 0.3) is 17.0 Å². The van der Waals surface area contributed by atoms with Crippen LogP contribution in [0.2, 0.25) is 5.02 Å². The topological polar surface area (TPSA) is 93.4 Å². The van der Waals surface area contributed by atoms with Gasteiger partial charge in [-0.1, -0.05) is 11.6 Å². The van der Waals surface area contributed by atoms with Crippen molar-refractivity contribution >= 4 is 40.4 Å². The molecule has 5 rings (SSSR count). The third kappa shape index (κ3) is 4.47. The van der Waals surface area contributed by atoms with Crippen LogP contribution >= 0.6 is 11.6 Å². The van der Waals surface area contributed by atoms with Gasteiger partial charge in [0.1, 0.15) is 17.1 Å². The van der Waals surface area contributed by atoms with E-state index in [0.29, 0.717) is 49.9 Å². The molecule has 0 bridgehead atoms. The van der Waals surface area contributed by atoms with Crippen molar-refractivity contribution in [3.63, 3.8) is 0 Å². The molecule has 37 heavy (non-hydrogen) atoms. The van der Waals surface area contributed by atoms with Gasteiger partial charge < -0.3 is 28.1 Å². The van der Waals surface area contributed by atoms with E-state index in [4.69, 9.17) is 39.7 Å². The minimum atomic E-state index is -0.691. The number of carbonyl (C=O) groups is 2. The van der Waals surface area contributed by atoms with Crippen molar-refractivity contribution in [2.24, 2.45) is 0 Å². The number of allylic oxidation sites excluding steroid dienone is 1. The molecule has 0 saturated heterocycles. The lowest BCUT2D eigenvalue weighted by atomic mass is 10.0. The molecule has 3 aromatic carbocycles. The Morgan fingerprint density at radius 3 is 2.35 bits per heavy atom. The standard InChI is InChI=1S/C28H21ClO8/c1-14-7-18(35-28(31)24-12-16-11-17(29)5-6-19(16)36-24)13-20-25(14)26(30)21(37-20)8-15-9-22(32-2)27(34-4)23(10-15)33-3/h5-13H,1-4H3/b21-8-. The van der Waals surface area contributed by atoms with Crippen molar-refractivity contribution in [3.8, 4) is 28.7 Å². The zero-order valence-electron chi connectivity index (χ0n) is 20.3. The summed E-state index contributed by atoms with van der Waals surface area (Å²) in [6.07, 6.45) is 1.58. The summed E-state index contributed by atoms with van der Waals surface area (Å²) in [5, 5.41) is 1.21. The highest BCUT2D eigenvalue weighted by Crippen LogP contribution is 2.41. The zero-order chi connectivity index (χ0) is 26.3. The molecule has 0 fully saturated rings. The third-order valence-electron chi connectivity index (χ3n) is 5.82. The van der Waals surface area contributed by atoms with Crippen LogP contribution in [0.5, 0.6) is 28.7 Å². The van der Waals surface area contributed by atoms with Gasteiger partial charge >= 0.3 is 5.97 Å². The summed E-state index contributed by atoms with van der Waals surface area (Å²) >= 11 is 6.01. The van der Waals surface area contributed by atoms with Crippen molar-refractivity contribution < 1.29 is 37.7 Å². The minimum Gasteiger partial charge on any atom is -0.493 e. The average molecular weight is 521 g/mol. The van der Waals surface area contributed by atoms with Crippen LogP contribution in [0, 0.1) is 6.92 Å². The number of benzene rings is 3. The van der Waals surface area contributed by atoms with Gasteiger partial charge in [0.15, 0.2) is 17.3 Å². The van der Waals surface area contributed by atoms with E-state index < -0.39 is 5.97 Å². The molecule has 1 aliphatic rings. The Balaban J connectivity index is 1.42. The number of ether oxygens (including phenoxy) is 5. The number of hydrogen-bond donors (Lipinski definition) is 0. The monoisotopic (exact) mass is 520 g/mol. The summed E-state index contributed by atoms with van der Waals surface area (Å²) in [4.78, 5) is 25.8. The van der Waals surface area contributed by atoms with Gasteiger partial charge in [0.2, 0.25) is 17.3 Å². The highest BCUT2D eigenvalue weighted by Gasteiger charge is 2.31. The number of esters is 1. The normalized spacial score (nSPS) is 13.4. The van der Waals surface area contributed by atoms with Gasteiger partial charge in [-0.05, 0) is 66.6 Å². The van der Waals surface area contributed by atoms with Crippen LogP contribution in [0.15, 0.2) is 58.7 Å². The molecule has 2 heterocycles. The number of carbonyl (C=O) groups excluding carboxylic acids is 2. The number of aryl methyl sites for hydroxylation is 1. The number of hydrogen-bond acceptors (Lipinski definition) is 8. The zero-order valence-corrected chi connectivity index (χ0v) is 21.1. The van der Waals surface area contributed by atoms with Gasteiger partial charge in [0, 0.05) is 16.5 Å². The van der Waals surface area contributed by atoms with Gasteiger partial charge in [-0.2, -0.15) is 0 Å². The predicted octanol–water partition coefficient (Wildman–Crippen LogP) is 6.26. The number of ketones is 1. The number of rotatable bonds is 6. The Bertz CT molecular complexity index is 1570. The van der Waals surface area contributed by atoms with Crippen molar-refractivity contribution in [1.29, 1.82) is 0 Å². The molecule has 1 aliphatic heterocycles. The van der Waals surface area contributed by atoms with E-state index in [1.807, 2.05) is 0 Å². The summed E-state index contributed by atoms with van der Waals surface area (Å²) in [6.45, 7) is 1.74. The number of fused-ring (bicyclic) bond motifs is 2. The van der Waals surface area contributed by atoms with Gasteiger partial charge in [0.05, 0.1) is 26.9 Å². The van der Waals surface area contributed by atoms with Crippen LogP contribution in [0.3, 0.4) is 0 Å². The predicted molar refractivity (Wildman–Crippen MR) is 136 cm³/mol. The smallest absolute Gasteiger partial charge is 0.379 e. The number of halogens is 1. The van der Waals surface area contributed by atoms with E-state index in [1.54, 1.807) is 55.5 Å². The average Bonchev–Trinajstić information content (AvgIpc) is 3.44. The fourth-order valence-electron chi connectivity index (χ4n) is 4.14. The first kappa shape index (κ1) is 24.3. The molecule has 0 spiro atoms. The maximum Gasteiger partial charge on any atom is 0.379 e. The molecular weight excluding hydrogens is 500 g/mol. The molecule has 0 amide bonds. The molecular formula is C28H21ClO8. The van der Waals surface area contributed by atoms with Gasteiger partial charge in [-0.3, -0.25) is 4.79 Å². The fraction of sp³-hybridized carbons (Fsp3) is 0.143. The van der Waals surface area contributed by atoms with Crippen molar-refractivity contribution in [3.05, 3.63) is 81.8 Å². The Kier molecular flexibility index (Phi) is 6.27. The molecule has 188 valence electrons. The minimum absolute atomic E-state index is 0.0235. The van der Waals surface area contributed by atoms with E-state index in [1.165, 1.54) is 27.4 Å².